The van der Waals surface area contributed by atoms with Crippen LogP contribution in [0.4, 0.5) is 0 Å². The molecule has 2 aromatic rings. The molecule has 0 aliphatic carbocycles. The number of carbonyl (C=O) groups is 1. The largest absolute Gasteiger partial charge is 0.477 e. The fraction of sp³-hybridized carbons (Fsp3) is 0.167. The minimum absolute atomic E-state index is 0.0425. The summed E-state index contributed by atoms with van der Waals surface area (Å²) in [6.45, 7) is 2.08. The van der Waals surface area contributed by atoms with E-state index in [9.17, 15) is 4.79 Å². The molecule has 0 saturated heterocycles. The van der Waals surface area contributed by atoms with Crippen molar-refractivity contribution in [1.29, 1.82) is 0 Å². The Morgan fingerprint density at radius 3 is 3.00 bits per heavy atom. The van der Waals surface area contributed by atoms with Crippen molar-refractivity contribution in [3.8, 4) is 22.8 Å². The van der Waals surface area contributed by atoms with Crippen molar-refractivity contribution in [1.82, 2.24) is 10.2 Å². The Bertz CT molecular complexity index is 633. The van der Waals surface area contributed by atoms with E-state index in [4.69, 9.17) is 14.6 Å². The van der Waals surface area contributed by atoms with Crippen LogP contribution in [0.2, 0.25) is 0 Å². The van der Waals surface area contributed by atoms with Gasteiger partial charge in [-0.05, 0) is 24.6 Å². The van der Waals surface area contributed by atoms with Gasteiger partial charge in [0.15, 0.2) is 11.5 Å². The third kappa shape index (κ3) is 1.50. The highest BCUT2D eigenvalue weighted by Crippen LogP contribution is 2.42. The van der Waals surface area contributed by atoms with Gasteiger partial charge >= 0.3 is 5.97 Å². The number of ether oxygens (including phenoxy) is 2. The molecule has 1 aliphatic rings. The molecule has 2 N–H and O–H groups in total. The molecular weight excluding hydrogens is 236 g/mol. The van der Waals surface area contributed by atoms with Crippen molar-refractivity contribution in [3.05, 3.63) is 29.5 Å². The van der Waals surface area contributed by atoms with Crippen molar-refractivity contribution >= 4 is 5.97 Å². The van der Waals surface area contributed by atoms with E-state index in [1.54, 1.807) is 0 Å². The number of nitrogens with zero attached hydrogens (tertiary/aromatic N) is 1. The Balaban J connectivity index is 2.16. The molecule has 18 heavy (non-hydrogen) atoms. The van der Waals surface area contributed by atoms with Crippen LogP contribution in [0.15, 0.2) is 18.2 Å². The van der Waals surface area contributed by atoms with E-state index >= 15 is 0 Å². The molecule has 1 aromatic carbocycles. The van der Waals surface area contributed by atoms with Gasteiger partial charge in [-0.2, -0.15) is 5.10 Å². The molecule has 1 aliphatic heterocycles. The first-order valence-electron chi connectivity index (χ1n) is 5.35. The minimum Gasteiger partial charge on any atom is -0.477 e. The zero-order valence-electron chi connectivity index (χ0n) is 9.56. The van der Waals surface area contributed by atoms with Crippen LogP contribution in [0.5, 0.6) is 11.5 Å². The van der Waals surface area contributed by atoms with Crippen LogP contribution in [0.25, 0.3) is 11.3 Å². The van der Waals surface area contributed by atoms with E-state index in [1.807, 2.05) is 19.1 Å². The van der Waals surface area contributed by atoms with Gasteiger partial charge in [0, 0.05) is 0 Å². The summed E-state index contributed by atoms with van der Waals surface area (Å²) < 4.78 is 10.7. The minimum atomic E-state index is -1.05. The standard InChI is InChI=1S/C12H10N2O4/c1-6-2-3-9-11(18-5-17-9)10(6)7-4-8(12(15)16)14-13-7/h2-4H,5H2,1H3,(H,13,14)(H,15,16). The Kier molecular flexibility index (Phi) is 2.22. The first kappa shape index (κ1) is 10.6. The van der Waals surface area contributed by atoms with Crippen molar-refractivity contribution < 1.29 is 19.4 Å². The van der Waals surface area contributed by atoms with E-state index in [1.165, 1.54) is 6.07 Å². The monoisotopic (exact) mass is 246 g/mol. The molecule has 1 aromatic heterocycles. The lowest BCUT2D eigenvalue weighted by Gasteiger charge is -2.06. The van der Waals surface area contributed by atoms with Gasteiger partial charge in [-0.25, -0.2) is 4.79 Å². The maximum atomic E-state index is 10.8. The van der Waals surface area contributed by atoms with E-state index in [0.29, 0.717) is 17.2 Å². The highest BCUT2D eigenvalue weighted by Gasteiger charge is 2.22. The zero-order valence-corrected chi connectivity index (χ0v) is 9.56. The Morgan fingerprint density at radius 2 is 2.28 bits per heavy atom. The lowest BCUT2D eigenvalue weighted by atomic mass is 10.0. The maximum Gasteiger partial charge on any atom is 0.353 e. The SMILES string of the molecule is Cc1ccc2c(c1-c1cc(C(=O)O)[nH]n1)OCO2. The van der Waals surface area contributed by atoms with Crippen molar-refractivity contribution in [3.63, 3.8) is 0 Å². The Morgan fingerprint density at radius 1 is 1.44 bits per heavy atom. The zero-order chi connectivity index (χ0) is 12.7. The molecule has 6 nitrogen and oxygen atoms in total. The van der Waals surface area contributed by atoms with Crippen LogP contribution in [0, 0.1) is 6.92 Å². The van der Waals surface area contributed by atoms with Gasteiger partial charge in [0.05, 0.1) is 11.3 Å². The average molecular weight is 246 g/mol. The summed E-state index contributed by atoms with van der Waals surface area (Å²) in [5.74, 6) is 0.213. The number of aromatic amines is 1. The topological polar surface area (TPSA) is 84.4 Å². The highest BCUT2D eigenvalue weighted by molar-refractivity contribution is 5.88. The second-order valence-electron chi connectivity index (χ2n) is 3.96. The van der Waals surface area contributed by atoms with E-state index in [2.05, 4.69) is 10.2 Å². The van der Waals surface area contributed by atoms with Gasteiger partial charge < -0.3 is 14.6 Å². The van der Waals surface area contributed by atoms with Crippen LogP contribution in [-0.2, 0) is 0 Å². The van der Waals surface area contributed by atoms with Crippen molar-refractivity contribution in [2.24, 2.45) is 0 Å². The number of fused-ring (bicyclic) bond motifs is 1. The molecule has 0 radical (unpaired) electrons. The third-order valence-corrected chi connectivity index (χ3v) is 2.81. The Hall–Kier alpha value is -2.50. The summed E-state index contributed by atoms with van der Waals surface area (Å²) in [4.78, 5) is 10.8. The number of hydrogen-bond acceptors (Lipinski definition) is 4. The van der Waals surface area contributed by atoms with Crippen LogP contribution in [0.1, 0.15) is 16.1 Å². The molecule has 3 rings (SSSR count). The molecule has 6 heteroatoms. The molecule has 0 spiro atoms. The van der Waals surface area contributed by atoms with Crippen LogP contribution < -0.4 is 9.47 Å². The van der Waals surface area contributed by atoms with Gasteiger partial charge in [-0.3, -0.25) is 5.10 Å². The Labute approximate surface area is 102 Å². The number of aromatic carboxylic acids is 1. The van der Waals surface area contributed by atoms with Gasteiger partial charge in [-0.15, -0.1) is 0 Å². The van der Waals surface area contributed by atoms with Gasteiger partial charge in [0.25, 0.3) is 0 Å². The summed E-state index contributed by atoms with van der Waals surface area (Å²) in [5, 5.41) is 15.4. The second kappa shape index (κ2) is 3.76. The summed E-state index contributed by atoms with van der Waals surface area (Å²) in [5.41, 5.74) is 2.28. The number of carboxylic acid groups (broad SMARTS) is 1. The molecule has 2 heterocycles. The van der Waals surface area contributed by atoms with Crippen molar-refractivity contribution in [2.45, 2.75) is 6.92 Å². The fourth-order valence-electron chi connectivity index (χ4n) is 1.95. The summed E-state index contributed by atoms with van der Waals surface area (Å²) in [7, 11) is 0. The first-order valence-corrected chi connectivity index (χ1v) is 5.35. The number of rotatable bonds is 2. The summed E-state index contributed by atoms with van der Waals surface area (Å²) >= 11 is 0. The van der Waals surface area contributed by atoms with E-state index in [-0.39, 0.29) is 12.5 Å². The molecule has 92 valence electrons. The number of hydrogen-bond donors (Lipinski definition) is 2. The number of aryl methyl sites for hydroxylation is 1. The first-order chi connectivity index (χ1) is 8.66. The van der Waals surface area contributed by atoms with Crippen LogP contribution >= 0.6 is 0 Å². The molecule has 0 amide bonds. The number of H-pyrrole nitrogens is 1. The molecule has 0 saturated carbocycles. The second-order valence-corrected chi connectivity index (χ2v) is 3.96. The predicted molar refractivity (Wildman–Crippen MR) is 61.8 cm³/mol. The highest BCUT2D eigenvalue weighted by atomic mass is 16.7. The van der Waals surface area contributed by atoms with Crippen LogP contribution in [0.3, 0.4) is 0 Å². The number of carboxylic acids is 1. The average Bonchev–Trinajstić information content (AvgIpc) is 2.95. The molecule has 0 atom stereocenters. The van der Waals surface area contributed by atoms with Gasteiger partial charge in [-0.1, -0.05) is 6.07 Å². The summed E-state index contributed by atoms with van der Waals surface area (Å²) in [6.07, 6.45) is 0. The molecule has 0 fully saturated rings. The van der Waals surface area contributed by atoms with Crippen molar-refractivity contribution in [2.75, 3.05) is 6.79 Å². The number of nitrogens with one attached hydrogen (secondary N) is 1. The quantitative estimate of drug-likeness (QED) is 0.844. The normalized spacial score (nSPS) is 12.7. The van der Waals surface area contributed by atoms with Gasteiger partial charge in [0.1, 0.15) is 5.69 Å². The van der Waals surface area contributed by atoms with Gasteiger partial charge in [0.2, 0.25) is 6.79 Å². The molecular formula is C12H10N2O4. The number of benzene rings is 1. The van der Waals surface area contributed by atoms with E-state index < -0.39 is 5.97 Å². The predicted octanol–water partition coefficient (Wildman–Crippen LogP) is 1.81. The van der Waals surface area contributed by atoms with Crippen LogP contribution in [-0.4, -0.2) is 28.1 Å². The smallest absolute Gasteiger partial charge is 0.353 e. The molecule has 0 unspecified atom stereocenters. The lowest BCUT2D eigenvalue weighted by molar-refractivity contribution is 0.0690. The van der Waals surface area contributed by atoms with E-state index in [0.717, 1.165) is 11.1 Å². The lowest BCUT2D eigenvalue weighted by Crippen LogP contribution is -1.95. The molecule has 0 bridgehead atoms. The number of aromatic nitrogens is 2. The maximum absolute atomic E-state index is 10.8. The summed E-state index contributed by atoms with van der Waals surface area (Å²) in [6, 6.07) is 5.19. The third-order valence-electron chi connectivity index (χ3n) is 2.81. The fourth-order valence-corrected chi connectivity index (χ4v) is 1.95.